The Hall–Kier alpha value is -3.55. The normalized spacial score (nSPS) is 19.4. The smallest absolute Gasteiger partial charge is 0.423 e. The number of ether oxygens (including phenoxy) is 2. The van der Waals surface area contributed by atoms with Crippen LogP contribution in [0.5, 0.6) is 5.75 Å². The number of aryl methyl sites for hydroxylation is 2. The number of hydrogen-bond donors (Lipinski definition) is 3. The summed E-state index contributed by atoms with van der Waals surface area (Å²) in [6, 6.07) is 22.7. The molecule has 0 radical (unpaired) electrons. The van der Waals surface area contributed by atoms with Crippen LogP contribution in [0.4, 0.5) is 0 Å². The van der Waals surface area contributed by atoms with Gasteiger partial charge in [-0.3, -0.25) is 22.9 Å². The molecule has 3 aromatic carbocycles. The molecule has 16 heteroatoms. The number of benzene rings is 3. The zero-order valence-electron chi connectivity index (χ0n) is 30.8. The third-order valence-corrected chi connectivity index (χ3v) is 11.2. The van der Waals surface area contributed by atoms with Crippen molar-refractivity contribution >= 4 is 49.3 Å². The Morgan fingerprint density at radius 1 is 0.870 bits per heavy atom. The lowest BCUT2D eigenvalue weighted by atomic mass is 10.0. The number of hydrogen-bond acceptors (Lipinski definition) is 10. The number of pyridine rings is 1. The predicted molar refractivity (Wildman–Crippen MR) is 201 cm³/mol. The van der Waals surface area contributed by atoms with Crippen molar-refractivity contribution in [2.45, 2.75) is 77.1 Å². The average Bonchev–Trinajstić information content (AvgIpc) is 3.49. The summed E-state index contributed by atoms with van der Waals surface area (Å²) in [6.45, 7) is 3.42. The summed E-state index contributed by atoms with van der Waals surface area (Å²) in [5.41, 5.74) is 3.31. The Labute approximate surface area is 314 Å². The van der Waals surface area contributed by atoms with Crippen molar-refractivity contribution in [1.29, 1.82) is 0 Å². The predicted octanol–water partition coefficient (Wildman–Crippen LogP) is 6.48. The molecule has 1 aliphatic rings. The Bertz CT molecular complexity index is 1940. The molecule has 5 rings (SSSR count). The van der Waals surface area contributed by atoms with Crippen LogP contribution in [0.25, 0.3) is 21.8 Å². The zero-order chi connectivity index (χ0) is 38.7. The second kappa shape index (κ2) is 19.4. The Kier molecular flexibility index (Phi) is 14.9. The maximum absolute atomic E-state index is 13.5. The van der Waals surface area contributed by atoms with Gasteiger partial charge in [0.15, 0.2) is 0 Å². The first kappa shape index (κ1) is 41.6. The van der Waals surface area contributed by atoms with Crippen molar-refractivity contribution in [3.8, 4) is 5.75 Å². The van der Waals surface area contributed by atoms with Gasteiger partial charge in [0.1, 0.15) is 25.0 Å². The van der Waals surface area contributed by atoms with Crippen LogP contribution < -0.4 is 14.6 Å². The summed E-state index contributed by atoms with van der Waals surface area (Å²) in [5.74, 6) is -0.0917. The third kappa shape index (κ3) is 11.7. The lowest BCUT2D eigenvalue weighted by molar-refractivity contribution is -0.617. The van der Waals surface area contributed by atoms with Crippen molar-refractivity contribution < 1.29 is 60.6 Å². The average molecular weight is 788 g/mol. The zero-order valence-corrected chi connectivity index (χ0v) is 32.5. The number of carbonyl (C=O) groups is 2. The van der Waals surface area contributed by atoms with E-state index in [4.69, 9.17) is 27.6 Å². The molecule has 0 saturated carbocycles. The molecule has 1 saturated heterocycles. The van der Waals surface area contributed by atoms with Crippen LogP contribution in [-0.4, -0.2) is 66.3 Å². The van der Waals surface area contributed by atoms with E-state index >= 15 is 0 Å². The number of para-hydroxylation sites is 2. The van der Waals surface area contributed by atoms with Gasteiger partial charge in [0, 0.05) is 31.5 Å². The van der Waals surface area contributed by atoms with Crippen LogP contribution >= 0.6 is 15.6 Å². The van der Waals surface area contributed by atoms with Gasteiger partial charge in [0.2, 0.25) is 16.9 Å². The summed E-state index contributed by atoms with van der Waals surface area (Å²) in [7, 11) is -6.69. The maximum atomic E-state index is 13.5. The highest BCUT2D eigenvalue weighted by molar-refractivity contribution is 7.47. The number of aromatic nitrogens is 1. The fourth-order valence-corrected chi connectivity index (χ4v) is 8.14. The summed E-state index contributed by atoms with van der Waals surface area (Å²) in [6.07, 6.45) is 1.87. The summed E-state index contributed by atoms with van der Waals surface area (Å²) in [4.78, 5) is 45.8. The molecule has 2 unspecified atom stereocenters. The minimum Gasteiger partial charge on any atom is -0.423 e. The number of carbonyl (C=O) groups excluding carboxylic acids is 2. The van der Waals surface area contributed by atoms with E-state index in [0.29, 0.717) is 50.0 Å². The topological polar surface area (TPSA) is 180 Å². The first-order valence-corrected chi connectivity index (χ1v) is 21.1. The van der Waals surface area contributed by atoms with Crippen LogP contribution in [0, 0.1) is 0 Å². The Morgan fingerprint density at radius 2 is 1.52 bits per heavy atom. The van der Waals surface area contributed by atoms with Crippen molar-refractivity contribution in [3.63, 3.8) is 0 Å². The number of esters is 1. The quantitative estimate of drug-likeness (QED) is 0.0222. The summed E-state index contributed by atoms with van der Waals surface area (Å²) >= 11 is 0. The van der Waals surface area contributed by atoms with Crippen molar-refractivity contribution in [3.05, 3.63) is 83.9 Å². The Balaban J connectivity index is 0.956. The van der Waals surface area contributed by atoms with E-state index in [-0.39, 0.29) is 31.8 Å². The van der Waals surface area contributed by atoms with Crippen LogP contribution in [-0.2, 0) is 50.2 Å². The van der Waals surface area contributed by atoms with Crippen LogP contribution in [0.2, 0.25) is 0 Å². The molecule has 5 atom stereocenters. The molecular formula is C38H49N2O12P2+. The summed E-state index contributed by atoms with van der Waals surface area (Å²) in [5, 5.41) is 4.54. The van der Waals surface area contributed by atoms with Crippen molar-refractivity contribution in [2.75, 3.05) is 26.4 Å². The van der Waals surface area contributed by atoms with E-state index in [1.807, 2.05) is 67.7 Å². The van der Waals surface area contributed by atoms with Crippen LogP contribution in [0.3, 0.4) is 0 Å². The second-order valence-corrected chi connectivity index (χ2v) is 16.0. The molecule has 292 valence electrons. The van der Waals surface area contributed by atoms with E-state index in [1.54, 1.807) is 26.0 Å². The number of fused-ring (bicyclic) bond motifs is 2. The van der Waals surface area contributed by atoms with E-state index < -0.39 is 33.8 Å². The Morgan fingerprint density at radius 3 is 2.19 bits per heavy atom. The largest absolute Gasteiger partial charge is 0.472 e. The lowest BCUT2D eigenvalue weighted by Gasteiger charge is -2.22. The molecule has 54 heavy (non-hydrogen) atoms. The molecule has 14 nitrogen and oxygen atoms in total. The number of phosphoric acid groups is 2. The SMILES string of the molecule is CCOP(=O)(O)O[C@@H]1C[C@H](C)O[C@@H]1COP(=O)(O)OCCCCCCNC(=O)CCc1ccc(OC(=O)c2c3ccccc3[n+](C)c3ccccc23)cc1. The minimum atomic E-state index is -4.38. The molecule has 0 bridgehead atoms. The van der Waals surface area contributed by atoms with E-state index in [1.165, 1.54) is 0 Å². The molecular weight excluding hydrogens is 738 g/mol. The highest BCUT2D eigenvalue weighted by atomic mass is 31.2. The molecule has 4 aromatic rings. The molecule has 0 spiro atoms. The van der Waals surface area contributed by atoms with Crippen LogP contribution in [0.15, 0.2) is 72.8 Å². The number of rotatable bonds is 20. The molecule has 3 N–H and O–H groups in total. The first-order chi connectivity index (χ1) is 25.9. The van der Waals surface area contributed by atoms with E-state index in [2.05, 4.69) is 9.88 Å². The first-order valence-electron chi connectivity index (χ1n) is 18.2. The number of nitrogens with zero attached hydrogens (tertiary/aromatic N) is 1. The number of nitrogens with one attached hydrogen (secondary N) is 1. The fraction of sp³-hybridized carbons (Fsp3) is 0.447. The molecule has 1 amide bonds. The van der Waals surface area contributed by atoms with E-state index in [9.17, 15) is 28.5 Å². The van der Waals surface area contributed by atoms with Gasteiger partial charge in [-0.2, -0.15) is 4.57 Å². The highest BCUT2D eigenvalue weighted by Gasteiger charge is 2.40. The maximum Gasteiger partial charge on any atom is 0.472 e. The molecule has 1 aromatic heterocycles. The van der Waals surface area contributed by atoms with Gasteiger partial charge in [0.05, 0.1) is 42.3 Å². The fourth-order valence-electron chi connectivity index (χ4n) is 6.41. The summed E-state index contributed by atoms with van der Waals surface area (Å²) < 4.78 is 57.8. The number of amides is 1. The second-order valence-electron chi connectivity index (χ2n) is 13.1. The number of unbranched alkanes of at least 4 members (excludes halogenated alkanes) is 3. The molecule has 1 aliphatic heterocycles. The monoisotopic (exact) mass is 787 g/mol. The standard InChI is InChI=1S/C38H48N2O12P2/c1-4-47-54(45,46)52-34-25-27(2)50-35(34)26-49-53(43,44)48-24-12-6-5-11-23-39-36(41)22-19-28-17-20-29(21-18-28)51-38(42)37-30-13-7-9-15-32(30)40(3)33-16-10-8-14-31(33)37/h7-10,13-18,20-21,27,34-35H,4-6,11-12,19,22-26H2,1-3H3,(H2-,39,41,43,44,45,46)/p+1/t27-,34+,35+/m0/s1. The molecule has 1 fully saturated rings. The van der Waals surface area contributed by atoms with Gasteiger partial charge >= 0.3 is 21.6 Å². The van der Waals surface area contributed by atoms with Gasteiger partial charge < -0.3 is 24.6 Å². The van der Waals surface area contributed by atoms with Crippen LogP contribution in [0.1, 0.15) is 68.3 Å². The molecule has 0 aliphatic carbocycles. The lowest BCUT2D eigenvalue weighted by Crippen LogP contribution is -2.31. The third-order valence-electron chi connectivity index (χ3n) is 9.04. The van der Waals surface area contributed by atoms with E-state index in [0.717, 1.165) is 40.2 Å². The van der Waals surface area contributed by atoms with Gasteiger partial charge in [-0.25, -0.2) is 13.9 Å². The van der Waals surface area contributed by atoms with Gasteiger partial charge in [-0.1, -0.05) is 49.2 Å². The van der Waals surface area contributed by atoms with Gasteiger partial charge in [0.25, 0.3) is 0 Å². The van der Waals surface area contributed by atoms with Gasteiger partial charge in [-0.05, 0) is 62.9 Å². The minimum absolute atomic E-state index is 0.00487. The number of phosphoric ester groups is 2. The highest BCUT2D eigenvalue weighted by Crippen LogP contribution is 2.48. The van der Waals surface area contributed by atoms with Crippen molar-refractivity contribution in [2.24, 2.45) is 7.05 Å². The van der Waals surface area contributed by atoms with Gasteiger partial charge in [-0.15, -0.1) is 0 Å². The molecule has 2 heterocycles. The van der Waals surface area contributed by atoms with Crippen molar-refractivity contribution in [1.82, 2.24) is 5.32 Å².